The molecule has 2 atom stereocenters. The Hall–Kier alpha value is -1.62. The third-order valence-electron chi connectivity index (χ3n) is 3.35. The summed E-state index contributed by atoms with van der Waals surface area (Å²) in [4.78, 5) is 12.1. The topological polar surface area (TPSA) is 50.4 Å². The van der Waals surface area contributed by atoms with Gasteiger partial charge in [-0.25, -0.2) is 4.39 Å². The maximum absolute atomic E-state index is 13.5. The third-order valence-corrected chi connectivity index (χ3v) is 3.35. The summed E-state index contributed by atoms with van der Waals surface area (Å²) < 4.78 is 18.3. The lowest BCUT2D eigenvalue weighted by atomic mass is 9.99. The van der Waals surface area contributed by atoms with E-state index in [1.54, 1.807) is 6.07 Å². The number of benzene rings is 1. The fraction of sp³-hybridized carbons (Fsp3) is 0.500. The standard InChI is InChI=1S/C14H19FN2O2/c1-9-4-3-5-12(16-9)14(18)17-10-6-7-13(19-2)11(15)8-10/h6-9,12,16H,3-5H2,1-2H3,(H,17,18). The molecule has 2 N–H and O–H groups in total. The fourth-order valence-corrected chi connectivity index (χ4v) is 2.32. The summed E-state index contributed by atoms with van der Waals surface area (Å²) >= 11 is 0. The van der Waals surface area contributed by atoms with Crippen molar-refractivity contribution >= 4 is 11.6 Å². The summed E-state index contributed by atoms with van der Waals surface area (Å²) in [5.74, 6) is -0.427. The molecule has 1 aromatic rings. The monoisotopic (exact) mass is 266 g/mol. The predicted molar refractivity (Wildman–Crippen MR) is 71.8 cm³/mol. The lowest BCUT2D eigenvalue weighted by Crippen LogP contribution is -2.47. The molecular weight excluding hydrogens is 247 g/mol. The highest BCUT2D eigenvalue weighted by molar-refractivity contribution is 5.94. The Labute approximate surface area is 112 Å². The van der Waals surface area contributed by atoms with Gasteiger partial charge in [0.1, 0.15) is 0 Å². The maximum Gasteiger partial charge on any atom is 0.241 e. The number of ether oxygens (including phenoxy) is 1. The van der Waals surface area contributed by atoms with Gasteiger partial charge in [0.2, 0.25) is 5.91 Å². The Bertz CT molecular complexity index is 465. The molecule has 1 aliphatic rings. The summed E-state index contributed by atoms with van der Waals surface area (Å²) in [6.07, 6.45) is 2.93. The van der Waals surface area contributed by atoms with Crippen LogP contribution in [0.3, 0.4) is 0 Å². The van der Waals surface area contributed by atoms with Crippen LogP contribution in [-0.4, -0.2) is 25.1 Å². The van der Waals surface area contributed by atoms with E-state index in [0.717, 1.165) is 19.3 Å². The molecule has 2 rings (SSSR count). The zero-order chi connectivity index (χ0) is 13.8. The third kappa shape index (κ3) is 3.44. The van der Waals surface area contributed by atoms with E-state index < -0.39 is 5.82 Å². The lowest BCUT2D eigenvalue weighted by molar-refractivity contribution is -0.118. The fourth-order valence-electron chi connectivity index (χ4n) is 2.32. The smallest absolute Gasteiger partial charge is 0.241 e. The second-order valence-electron chi connectivity index (χ2n) is 4.89. The molecule has 1 saturated heterocycles. The molecule has 0 spiro atoms. The average Bonchev–Trinajstić information content (AvgIpc) is 2.39. The number of halogens is 1. The Morgan fingerprint density at radius 2 is 2.26 bits per heavy atom. The summed E-state index contributed by atoms with van der Waals surface area (Å²) in [6, 6.07) is 4.54. The molecule has 1 amide bonds. The van der Waals surface area contributed by atoms with Crippen molar-refractivity contribution in [3.63, 3.8) is 0 Å². The van der Waals surface area contributed by atoms with Crippen LogP contribution in [0.1, 0.15) is 26.2 Å². The summed E-state index contributed by atoms with van der Waals surface area (Å²) in [6.45, 7) is 2.06. The summed E-state index contributed by atoms with van der Waals surface area (Å²) in [5, 5.41) is 5.97. The Morgan fingerprint density at radius 1 is 1.47 bits per heavy atom. The van der Waals surface area contributed by atoms with Crippen molar-refractivity contribution in [1.29, 1.82) is 0 Å². The second-order valence-corrected chi connectivity index (χ2v) is 4.89. The van der Waals surface area contributed by atoms with Crippen LogP contribution in [-0.2, 0) is 4.79 Å². The molecule has 1 heterocycles. The number of carbonyl (C=O) groups excluding carboxylic acids is 1. The molecule has 19 heavy (non-hydrogen) atoms. The molecule has 0 aromatic heterocycles. The number of nitrogens with one attached hydrogen (secondary N) is 2. The highest BCUT2D eigenvalue weighted by Gasteiger charge is 2.24. The van der Waals surface area contributed by atoms with Gasteiger partial charge >= 0.3 is 0 Å². The molecule has 4 nitrogen and oxygen atoms in total. The van der Waals surface area contributed by atoms with Crippen LogP contribution in [0.25, 0.3) is 0 Å². The molecule has 0 bridgehead atoms. The van der Waals surface area contributed by atoms with Gasteiger partial charge in [-0.3, -0.25) is 4.79 Å². The zero-order valence-corrected chi connectivity index (χ0v) is 11.2. The van der Waals surface area contributed by atoms with Crippen molar-refractivity contribution in [2.24, 2.45) is 0 Å². The minimum atomic E-state index is -0.481. The molecule has 1 aromatic carbocycles. The van der Waals surface area contributed by atoms with E-state index >= 15 is 0 Å². The first-order valence-electron chi connectivity index (χ1n) is 6.50. The molecule has 0 radical (unpaired) electrons. The summed E-state index contributed by atoms with van der Waals surface area (Å²) in [7, 11) is 1.41. The van der Waals surface area contributed by atoms with Crippen molar-refractivity contribution < 1.29 is 13.9 Å². The van der Waals surface area contributed by atoms with Gasteiger partial charge in [-0.1, -0.05) is 0 Å². The van der Waals surface area contributed by atoms with Crippen molar-refractivity contribution in [1.82, 2.24) is 5.32 Å². The molecular formula is C14H19FN2O2. The van der Waals surface area contributed by atoms with E-state index in [1.165, 1.54) is 19.2 Å². The first-order chi connectivity index (χ1) is 9.10. The second kappa shape index (κ2) is 6.02. The predicted octanol–water partition coefficient (Wildman–Crippen LogP) is 2.30. The van der Waals surface area contributed by atoms with Gasteiger partial charge in [-0.05, 0) is 38.3 Å². The molecule has 5 heteroatoms. The van der Waals surface area contributed by atoms with Crippen LogP contribution in [0.4, 0.5) is 10.1 Å². The van der Waals surface area contributed by atoms with Crippen molar-refractivity contribution in [2.75, 3.05) is 12.4 Å². The van der Waals surface area contributed by atoms with E-state index in [4.69, 9.17) is 4.74 Å². The van der Waals surface area contributed by atoms with E-state index in [1.807, 2.05) is 0 Å². The molecule has 0 aliphatic carbocycles. The van der Waals surface area contributed by atoms with Crippen LogP contribution < -0.4 is 15.4 Å². The molecule has 2 unspecified atom stereocenters. The number of methoxy groups -OCH3 is 1. The van der Waals surface area contributed by atoms with Gasteiger partial charge < -0.3 is 15.4 Å². The normalized spacial score (nSPS) is 22.9. The number of piperidine rings is 1. The number of amides is 1. The molecule has 0 saturated carbocycles. The number of anilines is 1. The van der Waals surface area contributed by atoms with Gasteiger partial charge in [0.05, 0.1) is 13.2 Å². The van der Waals surface area contributed by atoms with E-state index in [9.17, 15) is 9.18 Å². The van der Waals surface area contributed by atoms with E-state index in [2.05, 4.69) is 17.6 Å². The Kier molecular flexibility index (Phi) is 4.37. The Morgan fingerprint density at radius 3 is 2.89 bits per heavy atom. The van der Waals surface area contributed by atoms with Gasteiger partial charge in [0.15, 0.2) is 11.6 Å². The van der Waals surface area contributed by atoms with Gasteiger partial charge in [-0.2, -0.15) is 0 Å². The van der Waals surface area contributed by atoms with E-state index in [-0.39, 0.29) is 17.7 Å². The highest BCUT2D eigenvalue weighted by atomic mass is 19.1. The quantitative estimate of drug-likeness (QED) is 0.882. The first-order valence-corrected chi connectivity index (χ1v) is 6.50. The number of hydrogen-bond acceptors (Lipinski definition) is 3. The average molecular weight is 266 g/mol. The lowest BCUT2D eigenvalue weighted by Gasteiger charge is -2.27. The highest BCUT2D eigenvalue weighted by Crippen LogP contribution is 2.21. The number of hydrogen-bond donors (Lipinski definition) is 2. The number of carbonyl (C=O) groups is 1. The molecule has 1 aliphatic heterocycles. The van der Waals surface area contributed by atoms with E-state index in [0.29, 0.717) is 11.7 Å². The van der Waals surface area contributed by atoms with Gasteiger partial charge in [0, 0.05) is 17.8 Å². The van der Waals surface area contributed by atoms with Crippen molar-refractivity contribution in [3.8, 4) is 5.75 Å². The minimum Gasteiger partial charge on any atom is -0.494 e. The van der Waals surface area contributed by atoms with Crippen LogP contribution in [0, 0.1) is 5.82 Å². The number of rotatable bonds is 3. The minimum absolute atomic E-state index is 0.115. The van der Waals surface area contributed by atoms with Gasteiger partial charge in [-0.15, -0.1) is 0 Å². The zero-order valence-electron chi connectivity index (χ0n) is 11.2. The van der Waals surface area contributed by atoms with Crippen LogP contribution >= 0.6 is 0 Å². The van der Waals surface area contributed by atoms with Crippen LogP contribution in [0.5, 0.6) is 5.75 Å². The Balaban J connectivity index is 2.00. The van der Waals surface area contributed by atoms with Crippen molar-refractivity contribution in [3.05, 3.63) is 24.0 Å². The molecule has 104 valence electrons. The maximum atomic E-state index is 13.5. The largest absolute Gasteiger partial charge is 0.494 e. The first kappa shape index (κ1) is 13.8. The summed E-state index contributed by atoms with van der Waals surface area (Å²) in [5.41, 5.74) is 0.448. The van der Waals surface area contributed by atoms with Crippen LogP contribution in [0.15, 0.2) is 18.2 Å². The van der Waals surface area contributed by atoms with Crippen molar-refractivity contribution in [2.45, 2.75) is 38.3 Å². The molecule has 1 fully saturated rings. The SMILES string of the molecule is COc1ccc(NC(=O)C2CCCC(C)N2)cc1F. The van der Waals surface area contributed by atoms with Crippen LogP contribution in [0.2, 0.25) is 0 Å². The van der Waals surface area contributed by atoms with Gasteiger partial charge in [0.25, 0.3) is 0 Å².